The summed E-state index contributed by atoms with van der Waals surface area (Å²) in [4.78, 5) is 11.2. The van der Waals surface area contributed by atoms with Crippen molar-refractivity contribution in [1.29, 1.82) is 0 Å². The lowest BCUT2D eigenvalue weighted by Gasteiger charge is -2.03. The summed E-state index contributed by atoms with van der Waals surface area (Å²) >= 11 is 5.76. The van der Waals surface area contributed by atoms with Crippen LogP contribution in [0, 0.1) is 0 Å². The van der Waals surface area contributed by atoms with Crippen molar-refractivity contribution in [1.82, 2.24) is 0 Å². The highest BCUT2D eigenvalue weighted by molar-refractivity contribution is 6.33. The highest BCUT2D eigenvalue weighted by atomic mass is 35.5. The summed E-state index contributed by atoms with van der Waals surface area (Å²) in [6.07, 6.45) is 0. The monoisotopic (exact) mass is 200 g/mol. The van der Waals surface area contributed by atoms with Gasteiger partial charge in [0, 0.05) is 7.11 Å². The Morgan fingerprint density at radius 2 is 2.15 bits per heavy atom. The van der Waals surface area contributed by atoms with Gasteiger partial charge < -0.3 is 9.47 Å². The van der Waals surface area contributed by atoms with Crippen molar-refractivity contribution >= 4 is 17.6 Å². The number of benzene rings is 1. The summed E-state index contributed by atoms with van der Waals surface area (Å²) in [6.45, 7) is -0.0654. The van der Waals surface area contributed by atoms with Crippen LogP contribution in [-0.2, 0) is 9.47 Å². The molecule has 0 saturated heterocycles. The van der Waals surface area contributed by atoms with E-state index in [1.165, 1.54) is 7.11 Å². The Morgan fingerprint density at radius 1 is 1.46 bits per heavy atom. The summed E-state index contributed by atoms with van der Waals surface area (Å²) in [6, 6.07) is 6.69. The van der Waals surface area contributed by atoms with Crippen molar-refractivity contribution in [3.63, 3.8) is 0 Å². The van der Waals surface area contributed by atoms with E-state index in [1.807, 2.05) is 0 Å². The number of carbonyl (C=O) groups excluding carboxylic acids is 1. The number of hydrogen-bond donors (Lipinski definition) is 0. The summed E-state index contributed by atoms with van der Waals surface area (Å²) in [7, 11) is 1.44. The molecule has 0 atom stereocenters. The molecule has 0 aromatic heterocycles. The van der Waals surface area contributed by atoms with Crippen LogP contribution in [0.25, 0.3) is 0 Å². The van der Waals surface area contributed by atoms with E-state index in [0.29, 0.717) is 10.6 Å². The number of halogens is 1. The molecule has 0 amide bonds. The molecule has 0 aliphatic heterocycles. The SMILES string of the molecule is COCOC(=O)c1ccccc1Cl. The topological polar surface area (TPSA) is 35.5 Å². The third-order valence-corrected chi connectivity index (χ3v) is 1.73. The van der Waals surface area contributed by atoms with Crippen LogP contribution in [0.15, 0.2) is 24.3 Å². The van der Waals surface area contributed by atoms with E-state index < -0.39 is 5.97 Å². The van der Waals surface area contributed by atoms with E-state index in [-0.39, 0.29) is 6.79 Å². The molecule has 0 bridgehead atoms. The van der Waals surface area contributed by atoms with Gasteiger partial charge in [0.15, 0.2) is 6.79 Å². The Balaban J connectivity index is 2.71. The number of esters is 1. The second-order valence-corrected chi connectivity index (χ2v) is 2.73. The van der Waals surface area contributed by atoms with Crippen molar-refractivity contribution in [2.45, 2.75) is 0 Å². The predicted molar refractivity (Wildman–Crippen MR) is 48.7 cm³/mol. The molecule has 1 aromatic carbocycles. The molecule has 70 valence electrons. The van der Waals surface area contributed by atoms with Gasteiger partial charge in [-0.15, -0.1) is 0 Å². The van der Waals surface area contributed by atoms with Crippen LogP contribution in [0.3, 0.4) is 0 Å². The minimum Gasteiger partial charge on any atom is -0.435 e. The van der Waals surface area contributed by atoms with Crippen molar-refractivity contribution < 1.29 is 14.3 Å². The Morgan fingerprint density at radius 3 is 2.77 bits per heavy atom. The first kappa shape index (κ1) is 10.0. The Kier molecular flexibility index (Phi) is 3.73. The number of hydrogen-bond acceptors (Lipinski definition) is 3. The first-order chi connectivity index (χ1) is 6.25. The molecule has 0 unspecified atom stereocenters. The highest BCUT2D eigenvalue weighted by Gasteiger charge is 2.09. The van der Waals surface area contributed by atoms with Crippen LogP contribution in [0.4, 0.5) is 0 Å². The zero-order chi connectivity index (χ0) is 9.68. The third-order valence-electron chi connectivity index (χ3n) is 1.40. The second kappa shape index (κ2) is 4.84. The molecule has 0 spiro atoms. The highest BCUT2D eigenvalue weighted by Crippen LogP contribution is 2.15. The van der Waals surface area contributed by atoms with Gasteiger partial charge in [-0.25, -0.2) is 4.79 Å². The maximum Gasteiger partial charge on any atom is 0.341 e. The second-order valence-electron chi connectivity index (χ2n) is 2.32. The third kappa shape index (κ3) is 2.72. The Labute approximate surface area is 81.2 Å². The fraction of sp³-hybridized carbons (Fsp3) is 0.222. The molecule has 0 saturated carbocycles. The average molecular weight is 201 g/mol. The fourth-order valence-corrected chi connectivity index (χ4v) is 1.03. The summed E-state index contributed by atoms with van der Waals surface area (Å²) < 4.78 is 9.30. The number of methoxy groups -OCH3 is 1. The van der Waals surface area contributed by atoms with Gasteiger partial charge in [0.2, 0.25) is 0 Å². The van der Waals surface area contributed by atoms with Crippen LogP contribution in [0.1, 0.15) is 10.4 Å². The molecule has 1 aromatic rings. The summed E-state index contributed by atoms with van der Waals surface area (Å²) in [5, 5.41) is 0.378. The van der Waals surface area contributed by atoms with Gasteiger partial charge >= 0.3 is 5.97 Å². The number of ether oxygens (including phenoxy) is 2. The van der Waals surface area contributed by atoms with Gasteiger partial charge in [0.25, 0.3) is 0 Å². The summed E-state index contributed by atoms with van der Waals surface area (Å²) in [5.74, 6) is -0.479. The molecule has 13 heavy (non-hydrogen) atoms. The average Bonchev–Trinajstić information content (AvgIpc) is 2.15. The molecule has 3 nitrogen and oxygen atoms in total. The molecule has 0 radical (unpaired) electrons. The molecule has 0 heterocycles. The maximum absolute atomic E-state index is 11.2. The van der Waals surface area contributed by atoms with E-state index >= 15 is 0 Å². The first-order valence-corrected chi connectivity index (χ1v) is 4.04. The van der Waals surface area contributed by atoms with Crippen molar-refractivity contribution in [3.05, 3.63) is 34.9 Å². The van der Waals surface area contributed by atoms with Crippen LogP contribution < -0.4 is 0 Å². The maximum atomic E-state index is 11.2. The van der Waals surface area contributed by atoms with E-state index in [0.717, 1.165) is 0 Å². The minimum absolute atomic E-state index is 0.0654. The zero-order valence-corrected chi connectivity index (χ0v) is 7.88. The lowest BCUT2D eigenvalue weighted by molar-refractivity contribution is -0.0124. The standard InChI is InChI=1S/C9H9ClO3/c1-12-6-13-9(11)7-4-2-3-5-8(7)10/h2-5H,6H2,1H3. The summed E-state index contributed by atoms with van der Waals surface area (Å²) in [5.41, 5.74) is 0.348. The van der Waals surface area contributed by atoms with E-state index in [1.54, 1.807) is 24.3 Å². The van der Waals surface area contributed by atoms with Gasteiger partial charge in [-0.1, -0.05) is 23.7 Å². The van der Waals surface area contributed by atoms with Gasteiger partial charge in [0.05, 0.1) is 10.6 Å². The Hall–Kier alpha value is -1.06. The normalized spacial score (nSPS) is 9.69. The van der Waals surface area contributed by atoms with Crippen molar-refractivity contribution in [2.75, 3.05) is 13.9 Å². The van der Waals surface area contributed by atoms with Crippen LogP contribution in [0.2, 0.25) is 5.02 Å². The van der Waals surface area contributed by atoms with Gasteiger partial charge in [-0.05, 0) is 12.1 Å². The van der Waals surface area contributed by atoms with E-state index in [4.69, 9.17) is 16.3 Å². The fourth-order valence-electron chi connectivity index (χ4n) is 0.817. The van der Waals surface area contributed by atoms with Crippen LogP contribution in [0.5, 0.6) is 0 Å². The van der Waals surface area contributed by atoms with Gasteiger partial charge in [-0.3, -0.25) is 0 Å². The smallest absolute Gasteiger partial charge is 0.341 e. The first-order valence-electron chi connectivity index (χ1n) is 3.66. The van der Waals surface area contributed by atoms with Crippen LogP contribution >= 0.6 is 11.6 Å². The lowest BCUT2D eigenvalue weighted by atomic mass is 10.2. The lowest BCUT2D eigenvalue weighted by Crippen LogP contribution is -2.07. The van der Waals surface area contributed by atoms with E-state index in [2.05, 4.69) is 4.74 Å². The largest absolute Gasteiger partial charge is 0.435 e. The molecular formula is C9H9ClO3. The van der Waals surface area contributed by atoms with Crippen LogP contribution in [-0.4, -0.2) is 19.9 Å². The molecular weight excluding hydrogens is 192 g/mol. The van der Waals surface area contributed by atoms with Gasteiger partial charge in [0.1, 0.15) is 0 Å². The number of carbonyl (C=O) groups is 1. The minimum atomic E-state index is -0.479. The van der Waals surface area contributed by atoms with Gasteiger partial charge in [-0.2, -0.15) is 0 Å². The van der Waals surface area contributed by atoms with E-state index in [9.17, 15) is 4.79 Å². The predicted octanol–water partition coefficient (Wildman–Crippen LogP) is 2.10. The molecule has 0 fully saturated rings. The van der Waals surface area contributed by atoms with Crippen molar-refractivity contribution in [2.24, 2.45) is 0 Å². The molecule has 1 rings (SSSR count). The molecule has 0 N–H and O–H groups in total. The zero-order valence-electron chi connectivity index (χ0n) is 7.12. The number of rotatable bonds is 3. The Bertz CT molecular complexity index is 299. The molecule has 0 aliphatic carbocycles. The quantitative estimate of drug-likeness (QED) is 0.554. The molecule has 4 heteroatoms. The van der Waals surface area contributed by atoms with Crippen molar-refractivity contribution in [3.8, 4) is 0 Å². The molecule has 0 aliphatic rings.